The summed E-state index contributed by atoms with van der Waals surface area (Å²) in [6, 6.07) is 9.81. The SMILES string of the molecule is CC(C)[C@@H]([C]=O)C[C@@H]1OC(C)(C)N(C(=O)OC(C)(C)C)[C@H]1Cc1ccccc1. The maximum Gasteiger partial charge on any atom is 0.412 e. The molecule has 1 saturated heterocycles. The minimum Gasteiger partial charge on any atom is -0.444 e. The van der Waals surface area contributed by atoms with Gasteiger partial charge < -0.3 is 9.47 Å². The van der Waals surface area contributed by atoms with Gasteiger partial charge >= 0.3 is 6.09 Å². The van der Waals surface area contributed by atoms with E-state index in [0.29, 0.717) is 12.8 Å². The number of rotatable bonds is 6. The number of nitrogens with zero attached hydrogens (tertiary/aromatic N) is 1. The number of benzene rings is 1. The van der Waals surface area contributed by atoms with Crippen molar-refractivity contribution in [2.45, 2.75) is 84.8 Å². The van der Waals surface area contributed by atoms with Crippen LogP contribution in [-0.2, 0) is 20.7 Å². The molecule has 0 aliphatic carbocycles. The van der Waals surface area contributed by atoms with Gasteiger partial charge in [0.15, 0.2) is 0 Å². The highest BCUT2D eigenvalue weighted by molar-refractivity contribution is 5.70. The lowest BCUT2D eigenvalue weighted by molar-refractivity contribution is -0.0816. The van der Waals surface area contributed by atoms with Crippen LogP contribution < -0.4 is 0 Å². The van der Waals surface area contributed by atoms with E-state index in [1.54, 1.807) is 4.90 Å². The highest BCUT2D eigenvalue weighted by Crippen LogP contribution is 2.38. The maximum atomic E-state index is 13.1. The lowest BCUT2D eigenvalue weighted by atomic mass is 9.87. The quantitative estimate of drug-likeness (QED) is 0.706. The summed E-state index contributed by atoms with van der Waals surface area (Å²) < 4.78 is 12.0. The lowest BCUT2D eigenvalue weighted by Crippen LogP contribution is -2.51. The fourth-order valence-corrected chi connectivity index (χ4v) is 3.73. The Morgan fingerprint density at radius 2 is 1.86 bits per heavy atom. The zero-order valence-electron chi connectivity index (χ0n) is 18.2. The fourth-order valence-electron chi connectivity index (χ4n) is 3.73. The zero-order valence-corrected chi connectivity index (χ0v) is 18.2. The molecule has 0 aromatic heterocycles. The molecule has 2 rings (SSSR count). The van der Waals surface area contributed by atoms with E-state index in [0.717, 1.165) is 5.56 Å². The Morgan fingerprint density at radius 3 is 2.36 bits per heavy atom. The topological polar surface area (TPSA) is 55.8 Å². The summed E-state index contributed by atoms with van der Waals surface area (Å²) in [7, 11) is 0. The van der Waals surface area contributed by atoms with E-state index in [9.17, 15) is 9.59 Å². The Morgan fingerprint density at radius 1 is 1.25 bits per heavy atom. The number of carbonyl (C=O) groups excluding carboxylic acids is 2. The van der Waals surface area contributed by atoms with E-state index in [-0.39, 0.29) is 24.0 Å². The summed E-state index contributed by atoms with van der Waals surface area (Å²) in [5.41, 5.74) is -0.306. The van der Waals surface area contributed by atoms with Crippen LogP contribution in [0.15, 0.2) is 30.3 Å². The first-order chi connectivity index (χ1) is 12.9. The first-order valence-corrected chi connectivity index (χ1v) is 10.1. The Balaban J connectivity index is 2.36. The minimum absolute atomic E-state index is 0.164. The predicted molar refractivity (Wildman–Crippen MR) is 110 cm³/mol. The summed E-state index contributed by atoms with van der Waals surface area (Å²) in [4.78, 5) is 26.2. The van der Waals surface area contributed by atoms with Crippen LogP contribution in [0.4, 0.5) is 4.79 Å². The van der Waals surface area contributed by atoms with Crippen molar-refractivity contribution in [3.8, 4) is 0 Å². The van der Waals surface area contributed by atoms with Gasteiger partial charge in [0.25, 0.3) is 0 Å². The largest absolute Gasteiger partial charge is 0.444 e. The summed E-state index contributed by atoms with van der Waals surface area (Å²) in [6.07, 6.45) is 2.67. The van der Waals surface area contributed by atoms with Gasteiger partial charge in [-0.1, -0.05) is 44.2 Å². The van der Waals surface area contributed by atoms with E-state index in [1.807, 2.05) is 78.8 Å². The molecule has 0 unspecified atom stereocenters. The van der Waals surface area contributed by atoms with E-state index in [1.165, 1.54) is 0 Å². The zero-order chi connectivity index (χ0) is 21.1. The second-order valence-electron chi connectivity index (χ2n) is 9.41. The molecular weight excluding hydrogens is 354 g/mol. The third kappa shape index (κ3) is 5.57. The molecule has 1 heterocycles. The van der Waals surface area contributed by atoms with Gasteiger partial charge in [0, 0.05) is 5.92 Å². The van der Waals surface area contributed by atoms with Gasteiger partial charge in [-0.15, -0.1) is 0 Å². The van der Waals surface area contributed by atoms with Crippen molar-refractivity contribution >= 4 is 12.4 Å². The van der Waals surface area contributed by atoms with Gasteiger partial charge in [-0.25, -0.2) is 4.79 Å². The van der Waals surface area contributed by atoms with Crippen LogP contribution in [-0.4, -0.2) is 40.8 Å². The number of hydrogen-bond donors (Lipinski definition) is 0. The van der Waals surface area contributed by atoms with E-state index in [2.05, 4.69) is 6.29 Å². The van der Waals surface area contributed by atoms with Gasteiger partial charge in [0.1, 0.15) is 11.3 Å². The lowest BCUT2D eigenvalue weighted by Gasteiger charge is -2.35. The van der Waals surface area contributed by atoms with Crippen molar-refractivity contribution in [3.05, 3.63) is 35.9 Å². The molecule has 1 radical (unpaired) electrons. The number of carbonyl (C=O) groups is 1. The molecule has 0 spiro atoms. The second-order valence-corrected chi connectivity index (χ2v) is 9.41. The molecule has 1 aromatic carbocycles. The molecule has 0 bridgehead atoms. The van der Waals surface area contributed by atoms with Crippen LogP contribution in [0.5, 0.6) is 0 Å². The van der Waals surface area contributed by atoms with Gasteiger partial charge in [-0.05, 0) is 58.9 Å². The highest BCUT2D eigenvalue weighted by atomic mass is 16.6. The maximum absolute atomic E-state index is 13.1. The van der Waals surface area contributed by atoms with Crippen LogP contribution >= 0.6 is 0 Å². The van der Waals surface area contributed by atoms with E-state index < -0.39 is 17.4 Å². The van der Waals surface area contributed by atoms with Crippen LogP contribution in [0.25, 0.3) is 0 Å². The highest BCUT2D eigenvalue weighted by Gasteiger charge is 2.51. The number of amides is 1. The Hall–Kier alpha value is -1.88. The molecule has 1 aromatic rings. The molecule has 3 atom stereocenters. The van der Waals surface area contributed by atoms with Crippen LogP contribution in [0.1, 0.15) is 60.5 Å². The van der Waals surface area contributed by atoms with E-state index >= 15 is 0 Å². The molecular formula is C23H34NO4. The van der Waals surface area contributed by atoms with Crippen LogP contribution in [0.2, 0.25) is 0 Å². The molecule has 0 saturated carbocycles. The van der Waals surface area contributed by atoms with Gasteiger partial charge in [-0.2, -0.15) is 0 Å². The number of ether oxygens (including phenoxy) is 2. The third-order valence-electron chi connectivity index (χ3n) is 5.10. The normalized spacial score (nSPS) is 22.9. The molecule has 28 heavy (non-hydrogen) atoms. The molecule has 1 amide bonds. The minimum atomic E-state index is -0.823. The van der Waals surface area contributed by atoms with Gasteiger partial charge in [0.2, 0.25) is 6.29 Å². The molecule has 5 nitrogen and oxygen atoms in total. The predicted octanol–water partition coefficient (Wildman–Crippen LogP) is 4.74. The summed E-state index contributed by atoms with van der Waals surface area (Å²) >= 11 is 0. The summed E-state index contributed by atoms with van der Waals surface area (Å²) in [5, 5.41) is 0. The van der Waals surface area contributed by atoms with Gasteiger partial charge in [0.05, 0.1) is 12.1 Å². The molecule has 5 heteroatoms. The van der Waals surface area contributed by atoms with Crippen LogP contribution in [0.3, 0.4) is 0 Å². The average molecular weight is 389 g/mol. The molecule has 1 aliphatic rings. The first-order valence-electron chi connectivity index (χ1n) is 10.1. The molecule has 0 N–H and O–H groups in total. The van der Waals surface area contributed by atoms with Crippen LogP contribution in [0, 0.1) is 11.8 Å². The summed E-state index contributed by atoms with van der Waals surface area (Å²) in [5.74, 6) is -0.0742. The second kappa shape index (κ2) is 8.64. The van der Waals surface area contributed by atoms with Crippen molar-refractivity contribution in [3.63, 3.8) is 0 Å². The standard InChI is InChI=1S/C23H34NO4/c1-16(2)18(15-25)14-20-19(13-17-11-9-8-10-12-17)24(23(6,7)27-20)21(26)28-22(3,4)5/h8-12,16,18-20H,13-14H2,1-7H3/t18-,19+,20+/m1/s1. The first kappa shape index (κ1) is 22.4. The third-order valence-corrected chi connectivity index (χ3v) is 5.10. The van der Waals surface area contributed by atoms with E-state index in [4.69, 9.17) is 9.47 Å². The van der Waals surface area contributed by atoms with Crippen molar-refractivity contribution in [2.24, 2.45) is 11.8 Å². The fraction of sp³-hybridized carbons (Fsp3) is 0.652. The molecule has 1 aliphatic heterocycles. The molecule has 155 valence electrons. The smallest absolute Gasteiger partial charge is 0.412 e. The number of hydrogen-bond acceptors (Lipinski definition) is 4. The van der Waals surface area contributed by atoms with Crippen molar-refractivity contribution in [2.75, 3.05) is 0 Å². The summed E-state index contributed by atoms with van der Waals surface area (Å²) in [6.45, 7) is 13.3. The Bertz CT molecular complexity index is 663. The Kier molecular flexibility index (Phi) is 6.92. The van der Waals surface area contributed by atoms with Gasteiger partial charge in [-0.3, -0.25) is 9.69 Å². The Labute approximate surface area is 169 Å². The molecule has 1 fully saturated rings. The average Bonchev–Trinajstić information content (AvgIpc) is 2.81. The van der Waals surface area contributed by atoms with Crippen molar-refractivity contribution in [1.82, 2.24) is 4.90 Å². The monoisotopic (exact) mass is 388 g/mol. The van der Waals surface area contributed by atoms with Crippen molar-refractivity contribution in [1.29, 1.82) is 0 Å². The van der Waals surface area contributed by atoms with Crippen molar-refractivity contribution < 1.29 is 19.1 Å².